The van der Waals surface area contributed by atoms with Crippen molar-refractivity contribution in [3.63, 3.8) is 0 Å². The number of benzene rings is 1. The molecule has 16 heavy (non-hydrogen) atoms. The molecule has 0 aliphatic heterocycles. The third-order valence-corrected chi connectivity index (χ3v) is 3.16. The van der Waals surface area contributed by atoms with Crippen molar-refractivity contribution in [1.29, 1.82) is 0 Å². The fourth-order valence-corrected chi connectivity index (χ4v) is 2.14. The Morgan fingerprint density at radius 1 is 1.44 bits per heavy atom. The molecule has 0 fully saturated rings. The number of H-pyrrole nitrogens is 1. The first-order chi connectivity index (χ1) is 7.77. The second-order valence-electron chi connectivity index (χ2n) is 3.42. The molecule has 0 bridgehead atoms. The molecule has 0 atom stereocenters. The van der Waals surface area contributed by atoms with Crippen molar-refractivity contribution in [2.45, 2.75) is 12.1 Å². The number of aromatic nitrogens is 2. The Kier molecular flexibility index (Phi) is 3.41. The van der Waals surface area contributed by atoms with E-state index in [0.717, 1.165) is 16.3 Å². The molecule has 1 aromatic carbocycles. The molecule has 0 spiro atoms. The average Bonchev–Trinajstić information content (AvgIpc) is 2.79. The predicted molar refractivity (Wildman–Crippen MR) is 64.8 cm³/mol. The van der Waals surface area contributed by atoms with Crippen molar-refractivity contribution < 1.29 is 4.79 Å². The molecular formula is C12H12N2OS. The van der Waals surface area contributed by atoms with Crippen LogP contribution in [0.2, 0.25) is 0 Å². The lowest BCUT2D eigenvalue weighted by Crippen LogP contribution is -2.04. The quantitative estimate of drug-likeness (QED) is 0.651. The number of nitrogens with one attached hydrogen (secondary N) is 1. The van der Waals surface area contributed by atoms with Gasteiger partial charge < -0.3 is 4.98 Å². The summed E-state index contributed by atoms with van der Waals surface area (Å²) in [7, 11) is 0. The Morgan fingerprint density at radius 2 is 2.25 bits per heavy atom. The minimum absolute atomic E-state index is 0.138. The number of nitrogens with zero attached hydrogens (tertiary/aromatic N) is 1. The first-order valence-electron chi connectivity index (χ1n) is 4.98. The number of hydrogen-bond acceptors (Lipinski definition) is 3. The number of hydrogen-bond donors (Lipinski definition) is 1. The maximum Gasteiger partial charge on any atom is 0.173 e. The number of rotatable bonds is 4. The number of thioether (sulfide) groups is 1. The van der Waals surface area contributed by atoms with E-state index in [1.165, 1.54) is 11.8 Å². The Labute approximate surface area is 98.3 Å². The molecule has 0 aliphatic carbocycles. The minimum Gasteiger partial charge on any atom is -0.340 e. The number of Topliss-reactive ketones (excluding diaryl/α,β-unsaturated/α-hetero) is 1. The van der Waals surface area contributed by atoms with Crippen LogP contribution in [0, 0.1) is 6.92 Å². The maximum atomic E-state index is 11.9. The summed E-state index contributed by atoms with van der Waals surface area (Å²) in [5.74, 6) is 0.553. The number of carbonyl (C=O) groups excluding carboxylic acids is 1. The maximum absolute atomic E-state index is 11.9. The molecule has 2 rings (SSSR count). The number of aromatic amines is 1. The van der Waals surface area contributed by atoms with Gasteiger partial charge in [-0.2, -0.15) is 0 Å². The van der Waals surface area contributed by atoms with Crippen LogP contribution in [0.15, 0.2) is 41.8 Å². The number of ketones is 1. The molecule has 3 nitrogen and oxygen atoms in total. The smallest absolute Gasteiger partial charge is 0.173 e. The van der Waals surface area contributed by atoms with Crippen LogP contribution >= 0.6 is 11.8 Å². The highest BCUT2D eigenvalue weighted by Gasteiger charge is 2.09. The lowest BCUT2D eigenvalue weighted by Gasteiger charge is -2.02. The van der Waals surface area contributed by atoms with Crippen molar-refractivity contribution in [2.24, 2.45) is 0 Å². The largest absolute Gasteiger partial charge is 0.340 e. The molecule has 1 heterocycles. The van der Waals surface area contributed by atoms with E-state index < -0.39 is 0 Å². The van der Waals surface area contributed by atoms with Crippen LogP contribution in [0.25, 0.3) is 0 Å². The Balaban J connectivity index is 2.01. The Bertz CT molecular complexity index is 480. The fourth-order valence-electron chi connectivity index (χ4n) is 1.43. The van der Waals surface area contributed by atoms with Crippen LogP contribution in [0.3, 0.4) is 0 Å². The van der Waals surface area contributed by atoms with Gasteiger partial charge in [0.25, 0.3) is 0 Å². The van der Waals surface area contributed by atoms with Gasteiger partial charge in [-0.05, 0) is 12.5 Å². The Morgan fingerprint density at radius 3 is 2.94 bits per heavy atom. The van der Waals surface area contributed by atoms with Gasteiger partial charge in [-0.1, -0.05) is 36.0 Å². The highest BCUT2D eigenvalue weighted by Crippen LogP contribution is 2.16. The average molecular weight is 232 g/mol. The number of carbonyl (C=O) groups is 1. The van der Waals surface area contributed by atoms with Crippen molar-refractivity contribution in [2.75, 3.05) is 5.75 Å². The second-order valence-corrected chi connectivity index (χ2v) is 4.39. The van der Waals surface area contributed by atoms with Crippen molar-refractivity contribution in [3.8, 4) is 0 Å². The van der Waals surface area contributed by atoms with Crippen molar-refractivity contribution in [1.82, 2.24) is 9.97 Å². The zero-order valence-electron chi connectivity index (χ0n) is 8.93. The molecule has 2 aromatic rings. The normalized spacial score (nSPS) is 10.3. The van der Waals surface area contributed by atoms with E-state index in [1.54, 1.807) is 12.4 Å². The highest BCUT2D eigenvalue weighted by molar-refractivity contribution is 7.99. The van der Waals surface area contributed by atoms with E-state index in [0.29, 0.717) is 5.75 Å². The summed E-state index contributed by atoms with van der Waals surface area (Å²) in [6, 6.07) is 7.63. The van der Waals surface area contributed by atoms with Crippen LogP contribution in [-0.4, -0.2) is 21.5 Å². The van der Waals surface area contributed by atoms with Crippen LogP contribution in [-0.2, 0) is 0 Å². The van der Waals surface area contributed by atoms with E-state index in [9.17, 15) is 4.79 Å². The molecule has 0 unspecified atom stereocenters. The number of imidazole rings is 1. The summed E-state index contributed by atoms with van der Waals surface area (Å²) in [4.78, 5) is 18.9. The molecule has 0 aliphatic rings. The van der Waals surface area contributed by atoms with Gasteiger partial charge in [0.05, 0.1) is 5.75 Å². The first kappa shape index (κ1) is 11.0. The Hall–Kier alpha value is -1.55. The van der Waals surface area contributed by atoms with Gasteiger partial charge in [-0.15, -0.1) is 0 Å². The minimum atomic E-state index is 0.138. The predicted octanol–water partition coefficient (Wildman–Crippen LogP) is 2.69. The summed E-state index contributed by atoms with van der Waals surface area (Å²) in [5, 5.41) is 0.780. The standard InChI is InChI=1S/C12H12N2OS/c1-9-4-2-3-5-10(9)11(15)8-16-12-13-6-7-14-12/h2-7H,8H2,1H3,(H,13,14). The van der Waals surface area contributed by atoms with Crippen molar-refractivity contribution in [3.05, 3.63) is 47.8 Å². The summed E-state index contributed by atoms with van der Waals surface area (Å²) in [6.07, 6.45) is 3.43. The highest BCUT2D eigenvalue weighted by atomic mass is 32.2. The van der Waals surface area contributed by atoms with Crippen LogP contribution < -0.4 is 0 Å². The zero-order chi connectivity index (χ0) is 11.4. The van der Waals surface area contributed by atoms with Crippen molar-refractivity contribution >= 4 is 17.5 Å². The molecular weight excluding hydrogens is 220 g/mol. The SMILES string of the molecule is Cc1ccccc1C(=O)CSc1ncc[nH]1. The van der Waals surface area contributed by atoms with Gasteiger partial charge >= 0.3 is 0 Å². The van der Waals surface area contributed by atoms with E-state index in [-0.39, 0.29) is 5.78 Å². The zero-order valence-corrected chi connectivity index (χ0v) is 9.75. The first-order valence-corrected chi connectivity index (χ1v) is 5.97. The summed E-state index contributed by atoms with van der Waals surface area (Å²) in [6.45, 7) is 1.95. The molecule has 0 saturated carbocycles. The molecule has 82 valence electrons. The lowest BCUT2D eigenvalue weighted by atomic mass is 10.1. The van der Waals surface area contributed by atoms with E-state index in [4.69, 9.17) is 0 Å². The molecule has 1 N–H and O–H groups in total. The third kappa shape index (κ3) is 2.52. The summed E-state index contributed by atoms with van der Waals surface area (Å²) in [5.41, 5.74) is 1.81. The summed E-state index contributed by atoms with van der Waals surface area (Å²) < 4.78 is 0. The molecule has 1 aromatic heterocycles. The van der Waals surface area contributed by atoms with E-state index >= 15 is 0 Å². The third-order valence-electron chi connectivity index (χ3n) is 2.26. The molecule has 0 radical (unpaired) electrons. The van der Waals surface area contributed by atoms with Gasteiger partial charge in [0, 0.05) is 18.0 Å². The van der Waals surface area contributed by atoms with Gasteiger partial charge in [0.2, 0.25) is 0 Å². The molecule has 0 amide bonds. The van der Waals surface area contributed by atoms with Gasteiger partial charge in [-0.25, -0.2) is 4.98 Å². The lowest BCUT2D eigenvalue weighted by molar-refractivity contribution is 0.102. The monoisotopic (exact) mass is 232 g/mol. The topological polar surface area (TPSA) is 45.8 Å². The summed E-state index contributed by atoms with van der Waals surface area (Å²) >= 11 is 1.42. The van der Waals surface area contributed by atoms with Gasteiger partial charge in [-0.3, -0.25) is 4.79 Å². The number of aryl methyl sites for hydroxylation is 1. The van der Waals surface area contributed by atoms with Crippen LogP contribution in [0.1, 0.15) is 15.9 Å². The van der Waals surface area contributed by atoms with Gasteiger partial charge in [0.15, 0.2) is 10.9 Å². The molecule has 0 saturated heterocycles. The molecule has 4 heteroatoms. The van der Waals surface area contributed by atoms with Gasteiger partial charge in [0.1, 0.15) is 0 Å². The van der Waals surface area contributed by atoms with Crippen LogP contribution in [0.5, 0.6) is 0 Å². The van der Waals surface area contributed by atoms with Crippen LogP contribution in [0.4, 0.5) is 0 Å². The van der Waals surface area contributed by atoms with E-state index in [1.807, 2.05) is 31.2 Å². The fraction of sp³-hybridized carbons (Fsp3) is 0.167. The van der Waals surface area contributed by atoms with E-state index in [2.05, 4.69) is 9.97 Å². The second kappa shape index (κ2) is 4.99.